The summed E-state index contributed by atoms with van der Waals surface area (Å²) in [5.41, 5.74) is 0.900. The average Bonchev–Trinajstić information content (AvgIpc) is 2.75. The van der Waals surface area contributed by atoms with E-state index in [1.165, 1.54) is 6.07 Å². The van der Waals surface area contributed by atoms with Crippen LogP contribution in [0.5, 0.6) is 0 Å². The van der Waals surface area contributed by atoms with E-state index in [9.17, 15) is 4.39 Å². The number of halogens is 2. The van der Waals surface area contributed by atoms with Crippen molar-refractivity contribution in [1.29, 1.82) is 0 Å². The molecule has 1 aromatic carbocycles. The number of hydrogen-bond donors (Lipinski definition) is 1. The molecule has 1 aliphatic rings. The van der Waals surface area contributed by atoms with Crippen LogP contribution in [0.25, 0.3) is 10.2 Å². The number of thiazole rings is 1. The molecule has 3 rings (SSSR count). The lowest BCUT2D eigenvalue weighted by Gasteiger charge is -2.36. The highest BCUT2D eigenvalue weighted by Crippen LogP contribution is 2.24. The van der Waals surface area contributed by atoms with E-state index in [1.807, 2.05) is 0 Å². The van der Waals surface area contributed by atoms with Crippen LogP contribution in [-0.4, -0.2) is 35.1 Å². The van der Waals surface area contributed by atoms with Crippen LogP contribution in [0.2, 0.25) is 0 Å². The summed E-state index contributed by atoms with van der Waals surface area (Å²) in [5, 5.41) is 4.54. The first-order valence-corrected chi connectivity index (χ1v) is 7.46. The summed E-state index contributed by atoms with van der Waals surface area (Å²) in [7, 11) is 0. The van der Waals surface area contributed by atoms with Crippen LogP contribution in [0.15, 0.2) is 18.2 Å². The molecule has 0 aliphatic carbocycles. The first-order valence-electron chi connectivity index (χ1n) is 6.64. The molecular formula is C14H19ClFN3S. The van der Waals surface area contributed by atoms with Gasteiger partial charge in [-0.15, -0.1) is 23.7 Å². The maximum atomic E-state index is 13.2. The molecule has 1 fully saturated rings. The summed E-state index contributed by atoms with van der Waals surface area (Å²) >= 11 is 1.60. The summed E-state index contributed by atoms with van der Waals surface area (Å²) < 4.78 is 14.1. The Morgan fingerprint density at radius 2 is 2.25 bits per heavy atom. The van der Waals surface area contributed by atoms with Crippen molar-refractivity contribution in [3.8, 4) is 0 Å². The van der Waals surface area contributed by atoms with E-state index >= 15 is 0 Å². The minimum Gasteiger partial charge on any atom is -0.311 e. The number of rotatable bonds is 2. The van der Waals surface area contributed by atoms with E-state index < -0.39 is 0 Å². The zero-order valence-corrected chi connectivity index (χ0v) is 13.2. The Kier molecular flexibility index (Phi) is 4.96. The number of nitrogens with one attached hydrogen (secondary N) is 1. The van der Waals surface area contributed by atoms with Crippen LogP contribution in [0, 0.1) is 5.82 Å². The standard InChI is InChI=1S/C14H18FN3S.ClH/c1-9-7-18(10(2)6-16-9)8-14-17-12-4-3-11(15)5-13(12)19-14;/h3-5,9-10,16H,6-8H2,1-2H3;1H. The topological polar surface area (TPSA) is 28.2 Å². The zero-order valence-electron chi connectivity index (χ0n) is 11.6. The molecule has 0 radical (unpaired) electrons. The van der Waals surface area contributed by atoms with E-state index in [-0.39, 0.29) is 18.2 Å². The second-order valence-electron chi connectivity index (χ2n) is 5.31. The van der Waals surface area contributed by atoms with E-state index in [2.05, 4.69) is 29.0 Å². The lowest BCUT2D eigenvalue weighted by atomic mass is 10.1. The molecule has 6 heteroatoms. The van der Waals surface area contributed by atoms with Gasteiger partial charge >= 0.3 is 0 Å². The Morgan fingerprint density at radius 1 is 1.45 bits per heavy atom. The monoisotopic (exact) mass is 315 g/mol. The Balaban J connectivity index is 0.00000147. The normalized spacial score (nSPS) is 23.8. The van der Waals surface area contributed by atoms with Gasteiger partial charge in [0.25, 0.3) is 0 Å². The second-order valence-corrected chi connectivity index (χ2v) is 6.42. The Bertz CT molecular complexity index is 589. The van der Waals surface area contributed by atoms with Crippen LogP contribution < -0.4 is 5.32 Å². The average molecular weight is 316 g/mol. The molecule has 2 unspecified atom stereocenters. The predicted molar refractivity (Wildman–Crippen MR) is 84.2 cm³/mol. The van der Waals surface area contributed by atoms with Crippen molar-refractivity contribution in [3.05, 3.63) is 29.0 Å². The maximum absolute atomic E-state index is 13.2. The Labute approximate surface area is 128 Å². The minimum atomic E-state index is -0.188. The van der Waals surface area contributed by atoms with Gasteiger partial charge in [-0.1, -0.05) is 0 Å². The first-order chi connectivity index (χ1) is 9.11. The van der Waals surface area contributed by atoms with Crippen molar-refractivity contribution in [1.82, 2.24) is 15.2 Å². The van der Waals surface area contributed by atoms with Crippen molar-refractivity contribution in [2.75, 3.05) is 13.1 Å². The molecule has 2 atom stereocenters. The first kappa shape index (κ1) is 15.6. The fourth-order valence-electron chi connectivity index (χ4n) is 2.51. The molecule has 0 spiro atoms. The summed E-state index contributed by atoms with van der Waals surface area (Å²) in [6.07, 6.45) is 0. The molecule has 0 bridgehead atoms. The lowest BCUT2D eigenvalue weighted by Crippen LogP contribution is -2.53. The van der Waals surface area contributed by atoms with Gasteiger partial charge in [-0.25, -0.2) is 9.37 Å². The zero-order chi connectivity index (χ0) is 13.4. The number of hydrogen-bond acceptors (Lipinski definition) is 4. The van der Waals surface area contributed by atoms with Gasteiger partial charge in [-0.3, -0.25) is 4.90 Å². The molecule has 0 amide bonds. The summed E-state index contributed by atoms with van der Waals surface area (Å²) in [6, 6.07) is 5.83. The van der Waals surface area contributed by atoms with Gasteiger partial charge in [0.05, 0.1) is 16.8 Å². The number of fused-ring (bicyclic) bond motifs is 1. The fraction of sp³-hybridized carbons (Fsp3) is 0.500. The van der Waals surface area contributed by atoms with Gasteiger partial charge in [0.1, 0.15) is 10.8 Å². The SMILES string of the molecule is CC1CN(Cc2nc3ccc(F)cc3s2)C(C)CN1.Cl. The molecule has 0 saturated carbocycles. The van der Waals surface area contributed by atoms with Gasteiger partial charge in [-0.2, -0.15) is 0 Å². The van der Waals surface area contributed by atoms with Gasteiger partial charge in [-0.05, 0) is 32.0 Å². The highest BCUT2D eigenvalue weighted by molar-refractivity contribution is 7.18. The van der Waals surface area contributed by atoms with Crippen molar-refractivity contribution < 1.29 is 4.39 Å². The van der Waals surface area contributed by atoms with E-state index in [0.29, 0.717) is 12.1 Å². The number of aromatic nitrogens is 1. The van der Waals surface area contributed by atoms with Crippen LogP contribution in [0.1, 0.15) is 18.9 Å². The highest BCUT2D eigenvalue weighted by atomic mass is 35.5. The summed E-state index contributed by atoms with van der Waals surface area (Å²) in [6.45, 7) is 7.33. The van der Waals surface area contributed by atoms with Gasteiger partial charge < -0.3 is 5.32 Å². The molecule has 3 nitrogen and oxygen atoms in total. The molecule has 1 N–H and O–H groups in total. The summed E-state index contributed by atoms with van der Waals surface area (Å²) in [4.78, 5) is 7.04. The van der Waals surface area contributed by atoms with E-state index in [1.54, 1.807) is 23.5 Å². The number of nitrogens with zero attached hydrogens (tertiary/aromatic N) is 2. The molecule has 110 valence electrons. The maximum Gasteiger partial charge on any atom is 0.124 e. The quantitative estimate of drug-likeness (QED) is 0.923. The van der Waals surface area contributed by atoms with Gasteiger partial charge in [0.15, 0.2) is 0 Å². The second kappa shape index (κ2) is 6.35. The van der Waals surface area contributed by atoms with E-state index in [4.69, 9.17) is 0 Å². The van der Waals surface area contributed by atoms with Gasteiger partial charge in [0, 0.05) is 25.2 Å². The predicted octanol–water partition coefficient (Wildman–Crippen LogP) is 3.04. The molecule has 1 aliphatic heterocycles. The third-order valence-electron chi connectivity index (χ3n) is 3.63. The Morgan fingerprint density at radius 3 is 3.05 bits per heavy atom. The van der Waals surface area contributed by atoms with Crippen molar-refractivity contribution in [3.63, 3.8) is 0 Å². The summed E-state index contributed by atoms with van der Waals surface area (Å²) in [5.74, 6) is -0.188. The molecule has 1 saturated heterocycles. The lowest BCUT2D eigenvalue weighted by molar-refractivity contribution is 0.139. The molecule has 1 aromatic heterocycles. The number of piperazine rings is 1. The third kappa shape index (κ3) is 3.28. The molecule has 2 heterocycles. The minimum absolute atomic E-state index is 0. The van der Waals surface area contributed by atoms with Crippen LogP contribution in [0.4, 0.5) is 4.39 Å². The molecule has 2 aromatic rings. The molecular weight excluding hydrogens is 297 g/mol. The van der Waals surface area contributed by atoms with Crippen LogP contribution in [0.3, 0.4) is 0 Å². The fourth-order valence-corrected chi connectivity index (χ4v) is 3.52. The van der Waals surface area contributed by atoms with Crippen molar-refractivity contribution in [2.24, 2.45) is 0 Å². The Hall–Kier alpha value is -0.750. The van der Waals surface area contributed by atoms with Gasteiger partial charge in [0.2, 0.25) is 0 Å². The highest BCUT2D eigenvalue weighted by Gasteiger charge is 2.23. The van der Waals surface area contributed by atoms with Crippen LogP contribution >= 0.6 is 23.7 Å². The largest absolute Gasteiger partial charge is 0.311 e. The number of benzene rings is 1. The van der Waals surface area contributed by atoms with Crippen LogP contribution in [-0.2, 0) is 6.54 Å². The smallest absolute Gasteiger partial charge is 0.124 e. The van der Waals surface area contributed by atoms with E-state index in [0.717, 1.165) is 34.9 Å². The van der Waals surface area contributed by atoms with Crippen molar-refractivity contribution >= 4 is 34.0 Å². The molecule has 20 heavy (non-hydrogen) atoms. The third-order valence-corrected chi connectivity index (χ3v) is 4.63. The van der Waals surface area contributed by atoms with Crippen molar-refractivity contribution in [2.45, 2.75) is 32.5 Å².